The number of hydrogen-bond acceptors (Lipinski definition) is 3. The first-order chi connectivity index (χ1) is 10.6. The Morgan fingerprint density at radius 3 is 1.78 bits per heavy atom. The summed E-state index contributed by atoms with van der Waals surface area (Å²) in [5, 5.41) is 1.92. The van der Waals surface area contributed by atoms with Crippen LogP contribution in [0.4, 0.5) is 32.0 Å². The fraction of sp³-hybridized carbons (Fsp3) is 0.154. The number of benzene rings is 1. The van der Waals surface area contributed by atoms with Crippen molar-refractivity contribution in [3.05, 3.63) is 53.6 Å². The first-order valence-electron chi connectivity index (χ1n) is 5.95. The smallest absolute Gasteiger partial charge is 0.319 e. The Kier molecular flexibility index (Phi) is 4.26. The van der Waals surface area contributed by atoms with E-state index in [4.69, 9.17) is 0 Å². The minimum atomic E-state index is -5.00. The maximum absolute atomic E-state index is 12.7. The lowest BCUT2D eigenvalue weighted by molar-refractivity contribution is -0.143. The molecule has 0 saturated carbocycles. The van der Waals surface area contributed by atoms with Crippen molar-refractivity contribution in [1.82, 2.24) is 9.97 Å². The molecule has 122 valence electrons. The van der Waals surface area contributed by atoms with Gasteiger partial charge in [-0.05, 0) is 24.3 Å². The molecular formula is C13H7F6N3O. The minimum absolute atomic E-state index is 0.0331. The van der Waals surface area contributed by atoms with E-state index in [2.05, 4.69) is 9.97 Å². The number of carbonyl (C=O) groups is 1. The number of halogens is 6. The van der Waals surface area contributed by atoms with Crippen molar-refractivity contribution in [2.75, 3.05) is 5.32 Å². The molecule has 10 heteroatoms. The lowest BCUT2D eigenvalue weighted by atomic mass is 10.1. The van der Waals surface area contributed by atoms with Crippen LogP contribution in [0.25, 0.3) is 0 Å². The molecule has 0 bridgehead atoms. The highest BCUT2D eigenvalue weighted by atomic mass is 19.4. The van der Waals surface area contributed by atoms with Crippen molar-refractivity contribution in [2.45, 2.75) is 12.4 Å². The number of carbonyl (C=O) groups excluding carboxylic acids is 1. The topological polar surface area (TPSA) is 54.9 Å². The van der Waals surface area contributed by atoms with Crippen molar-refractivity contribution < 1.29 is 31.1 Å². The average molecular weight is 335 g/mol. The van der Waals surface area contributed by atoms with Gasteiger partial charge in [0.25, 0.3) is 5.91 Å². The second kappa shape index (κ2) is 5.86. The van der Waals surface area contributed by atoms with Crippen LogP contribution in [0.3, 0.4) is 0 Å². The summed E-state index contributed by atoms with van der Waals surface area (Å²) in [5.41, 5.74) is -3.72. The molecule has 4 nitrogen and oxygen atoms in total. The third-order valence-electron chi connectivity index (χ3n) is 2.61. The first-order valence-corrected chi connectivity index (χ1v) is 5.95. The van der Waals surface area contributed by atoms with Crippen LogP contribution in [0.5, 0.6) is 0 Å². The summed E-state index contributed by atoms with van der Waals surface area (Å²) >= 11 is 0. The van der Waals surface area contributed by atoms with Gasteiger partial charge in [-0.2, -0.15) is 26.3 Å². The van der Waals surface area contributed by atoms with E-state index in [-0.39, 0.29) is 6.07 Å². The van der Waals surface area contributed by atoms with E-state index in [1.54, 1.807) is 0 Å². The number of nitrogens with zero attached hydrogens (tertiary/aromatic N) is 2. The quantitative estimate of drug-likeness (QED) is 0.850. The lowest BCUT2D eigenvalue weighted by Crippen LogP contribution is -2.17. The molecule has 0 unspecified atom stereocenters. The number of rotatable bonds is 2. The molecule has 1 aromatic heterocycles. The molecule has 2 aromatic rings. The average Bonchev–Trinajstić information content (AvgIpc) is 2.46. The second-order valence-corrected chi connectivity index (χ2v) is 4.32. The zero-order valence-electron chi connectivity index (χ0n) is 11.0. The molecule has 0 radical (unpaired) electrons. The molecule has 1 aromatic carbocycles. The number of aromatic nitrogens is 2. The zero-order valence-corrected chi connectivity index (χ0v) is 11.0. The van der Waals surface area contributed by atoms with Crippen LogP contribution in [0.1, 0.15) is 21.7 Å². The molecule has 0 aliphatic heterocycles. The predicted molar refractivity (Wildman–Crippen MR) is 66.4 cm³/mol. The Morgan fingerprint density at radius 1 is 0.870 bits per heavy atom. The van der Waals surface area contributed by atoms with Gasteiger partial charge < -0.3 is 5.32 Å². The fourth-order valence-electron chi connectivity index (χ4n) is 1.63. The largest absolute Gasteiger partial charge is 0.416 e. The summed E-state index contributed by atoms with van der Waals surface area (Å²) in [5.74, 6) is -1.42. The molecule has 2 rings (SSSR count). The highest BCUT2D eigenvalue weighted by Crippen LogP contribution is 2.37. The SMILES string of the molecule is O=C(Nc1cc(C(F)(F)F)cc(C(F)(F)F)c1)c1ncccn1. The van der Waals surface area contributed by atoms with Gasteiger partial charge >= 0.3 is 12.4 Å². The maximum atomic E-state index is 12.7. The van der Waals surface area contributed by atoms with Crippen LogP contribution in [-0.4, -0.2) is 15.9 Å². The Bertz CT molecular complexity index is 680. The van der Waals surface area contributed by atoms with E-state index in [1.165, 1.54) is 18.5 Å². The van der Waals surface area contributed by atoms with Crippen LogP contribution in [-0.2, 0) is 12.4 Å². The second-order valence-electron chi connectivity index (χ2n) is 4.32. The van der Waals surface area contributed by atoms with Crippen molar-refractivity contribution in [3.8, 4) is 0 Å². The Balaban J connectivity index is 2.40. The van der Waals surface area contributed by atoms with E-state index in [0.717, 1.165) is 0 Å². The van der Waals surface area contributed by atoms with E-state index in [9.17, 15) is 31.1 Å². The third-order valence-corrected chi connectivity index (χ3v) is 2.61. The highest BCUT2D eigenvalue weighted by Gasteiger charge is 2.37. The molecule has 0 saturated heterocycles. The maximum Gasteiger partial charge on any atom is 0.416 e. The summed E-state index contributed by atoms with van der Waals surface area (Å²) in [7, 11) is 0. The molecule has 1 amide bonds. The molecule has 23 heavy (non-hydrogen) atoms. The fourth-order valence-corrected chi connectivity index (χ4v) is 1.63. The Hall–Kier alpha value is -2.65. The van der Waals surface area contributed by atoms with Gasteiger partial charge in [-0.25, -0.2) is 9.97 Å². The third kappa shape index (κ3) is 4.18. The predicted octanol–water partition coefficient (Wildman–Crippen LogP) is 3.77. The van der Waals surface area contributed by atoms with Gasteiger partial charge in [-0.3, -0.25) is 4.79 Å². The van der Waals surface area contributed by atoms with Crippen molar-refractivity contribution in [1.29, 1.82) is 0 Å². The highest BCUT2D eigenvalue weighted by molar-refractivity contribution is 6.01. The van der Waals surface area contributed by atoms with Crippen molar-refractivity contribution in [2.24, 2.45) is 0 Å². The van der Waals surface area contributed by atoms with Crippen LogP contribution >= 0.6 is 0 Å². The molecule has 0 fully saturated rings. The molecule has 1 heterocycles. The molecule has 1 N–H and O–H groups in total. The molecule has 0 spiro atoms. The molecule has 0 atom stereocenters. The number of nitrogens with one attached hydrogen (secondary N) is 1. The summed E-state index contributed by atoms with van der Waals surface area (Å²) in [6.45, 7) is 0. The van der Waals surface area contributed by atoms with Gasteiger partial charge in [-0.15, -0.1) is 0 Å². The van der Waals surface area contributed by atoms with E-state index in [1.807, 2.05) is 5.32 Å². The van der Waals surface area contributed by atoms with E-state index < -0.39 is 40.9 Å². The summed E-state index contributed by atoms with van der Waals surface area (Å²) in [6, 6.07) is 2.16. The number of alkyl halides is 6. The van der Waals surface area contributed by atoms with Gasteiger partial charge in [0.15, 0.2) is 0 Å². The molecule has 0 aliphatic carbocycles. The standard InChI is InChI=1S/C13H7F6N3O/c14-12(15,16)7-4-8(13(17,18)19)6-9(5-7)22-11(23)10-20-2-1-3-21-10/h1-6H,(H,22,23). The van der Waals surface area contributed by atoms with Crippen LogP contribution in [0.2, 0.25) is 0 Å². The van der Waals surface area contributed by atoms with Gasteiger partial charge in [-0.1, -0.05) is 0 Å². The summed E-state index contributed by atoms with van der Waals surface area (Å²) < 4.78 is 76.2. The van der Waals surface area contributed by atoms with Gasteiger partial charge in [0.1, 0.15) is 0 Å². The monoisotopic (exact) mass is 335 g/mol. The number of anilines is 1. The van der Waals surface area contributed by atoms with Crippen molar-refractivity contribution in [3.63, 3.8) is 0 Å². The van der Waals surface area contributed by atoms with E-state index in [0.29, 0.717) is 12.1 Å². The molecule has 0 aliphatic rings. The first kappa shape index (κ1) is 16.7. The van der Waals surface area contributed by atoms with Crippen LogP contribution in [0.15, 0.2) is 36.7 Å². The summed E-state index contributed by atoms with van der Waals surface area (Å²) in [4.78, 5) is 18.8. The Labute approximate surface area is 125 Å². The van der Waals surface area contributed by atoms with Gasteiger partial charge in [0, 0.05) is 18.1 Å². The summed E-state index contributed by atoms with van der Waals surface area (Å²) in [6.07, 6.45) is -7.58. The molecular weight excluding hydrogens is 328 g/mol. The minimum Gasteiger partial charge on any atom is -0.319 e. The number of hydrogen-bond donors (Lipinski definition) is 1. The van der Waals surface area contributed by atoms with E-state index >= 15 is 0 Å². The zero-order chi connectivity index (χ0) is 17.3. The van der Waals surface area contributed by atoms with Crippen molar-refractivity contribution >= 4 is 11.6 Å². The van der Waals surface area contributed by atoms with Gasteiger partial charge in [0.05, 0.1) is 11.1 Å². The van der Waals surface area contributed by atoms with Gasteiger partial charge in [0.2, 0.25) is 5.82 Å². The Morgan fingerprint density at radius 2 is 1.35 bits per heavy atom. The lowest BCUT2D eigenvalue weighted by Gasteiger charge is -2.14. The van der Waals surface area contributed by atoms with Crippen LogP contribution < -0.4 is 5.32 Å². The normalized spacial score (nSPS) is 12.1. The number of amides is 1. The van der Waals surface area contributed by atoms with Crippen LogP contribution in [0, 0.1) is 0 Å².